The Bertz CT molecular complexity index is 643. The summed E-state index contributed by atoms with van der Waals surface area (Å²) in [7, 11) is 3.42. The van der Waals surface area contributed by atoms with Gasteiger partial charge >= 0.3 is 6.09 Å². The minimum Gasteiger partial charge on any atom is -0.469 e. The number of guanidine groups is 1. The molecule has 10 heteroatoms. The number of carbonyl (C=O) groups excluding carboxylic acids is 2. The van der Waals surface area contributed by atoms with E-state index in [1.54, 1.807) is 32.2 Å². The van der Waals surface area contributed by atoms with Crippen molar-refractivity contribution in [3.05, 3.63) is 24.2 Å². The molecule has 9 nitrogen and oxygen atoms in total. The molecule has 2 rings (SSSR count). The maximum atomic E-state index is 11.9. The molecule has 1 aliphatic rings. The predicted octanol–water partition coefficient (Wildman–Crippen LogP) is 1.68. The Labute approximate surface area is 189 Å². The number of halogens is 1. The number of piperidine rings is 1. The summed E-state index contributed by atoms with van der Waals surface area (Å²) in [5.74, 6) is 1.42. The molecule has 1 fully saturated rings. The Hall–Kier alpha value is -1.98. The van der Waals surface area contributed by atoms with Gasteiger partial charge in [0, 0.05) is 46.2 Å². The van der Waals surface area contributed by atoms with Gasteiger partial charge < -0.3 is 29.6 Å². The zero-order valence-corrected chi connectivity index (χ0v) is 19.7. The van der Waals surface area contributed by atoms with Crippen LogP contribution in [0.4, 0.5) is 4.79 Å². The van der Waals surface area contributed by atoms with Gasteiger partial charge in [0.05, 0.1) is 12.9 Å². The smallest absolute Gasteiger partial charge is 0.409 e. The molecule has 0 radical (unpaired) electrons. The normalized spacial score (nSPS) is 14.7. The molecule has 2 heterocycles. The first-order valence-corrected chi connectivity index (χ1v) is 9.68. The van der Waals surface area contributed by atoms with Crippen molar-refractivity contribution >= 4 is 41.9 Å². The molecule has 0 bridgehead atoms. The molecule has 164 valence electrons. The standard InChI is InChI=1S/C19H31N5O4.HI/c1-4-27-19(26)24-11-8-15(9-12-24)22-18(21-14-17(25)23(2)3)20-10-7-16-6-5-13-28-16;/h5-6,13,15H,4,7-12,14H2,1-3H3,(H2,20,21,22);1H. The Morgan fingerprint density at radius 1 is 1.34 bits per heavy atom. The summed E-state index contributed by atoms with van der Waals surface area (Å²) in [5, 5.41) is 6.64. The highest BCUT2D eigenvalue weighted by Gasteiger charge is 2.24. The quantitative estimate of drug-likeness (QED) is 0.322. The predicted molar refractivity (Wildman–Crippen MR) is 122 cm³/mol. The van der Waals surface area contributed by atoms with E-state index in [-0.39, 0.29) is 48.6 Å². The van der Waals surface area contributed by atoms with Gasteiger partial charge in [0.25, 0.3) is 0 Å². The minimum atomic E-state index is -0.261. The maximum absolute atomic E-state index is 11.9. The fraction of sp³-hybridized carbons (Fsp3) is 0.632. The number of rotatable bonds is 7. The van der Waals surface area contributed by atoms with Gasteiger partial charge in [-0.1, -0.05) is 0 Å². The zero-order valence-electron chi connectivity index (χ0n) is 17.3. The number of nitrogens with zero attached hydrogens (tertiary/aromatic N) is 3. The molecule has 2 N–H and O–H groups in total. The average Bonchev–Trinajstić information content (AvgIpc) is 3.19. The number of carbonyl (C=O) groups is 2. The highest BCUT2D eigenvalue weighted by molar-refractivity contribution is 14.0. The van der Waals surface area contributed by atoms with Crippen molar-refractivity contribution in [2.45, 2.75) is 32.2 Å². The lowest BCUT2D eigenvalue weighted by Crippen LogP contribution is -2.50. The Balaban J connectivity index is 0.00000420. The Morgan fingerprint density at radius 2 is 2.07 bits per heavy atom. The van der Waals surface area contributed by atoms with Gasteiger partial charge in [-0.05, 0) is 31.9 Å². The van der Waals surface area contributed by atoms with E-state index in [9.17, 15) is 9.59 Å². The molecule has 0 aliphatic carbocycles. The van der Waals surface area contributed by atoms with Gasteiger partial charge in [-0.3, -0.25) is 4.79 Å². The fourth-order valence-corrected chi connectivity index (χ4v) is 2.81. The topological polar surface area (TPSA) is 99.4 Å². The highest BCUT2D eigenvalue weighted by atomic mass is 127. The molecule has 0 saturated carbocycles. The van der Waals surface area contributed by atoms with Gasteiger partial charge in [-0.25, -0.2) is 9.79 Å². The van der Waals surface area contributed by atoms with E-state index >= 15 is 0 Å². The van der Waals surface area contributed by atoms with Crippen LogP contribution >= 0.6 is 24.0 Å². The second-order valence-corrected chi connectivity index (χ2v) is 6.81. The number of furan rings is 1. The van der Waals surface area contributed by atoms with Gasteiger partial charge in [0.2, 0.25) is 5.91 Å². The third-order valence-corrected chi connectivity index (χ3v) is 4.48. The third kappa shape index (κ3) is 8.92. The molecule has 29 heavy (non-hydrogen) atoms. The van der Waals surface area contributed by atoms with Crippen molar-refractivity contribution < 1.29 is 18.7 Å². The van der Waals surface area contributed by atoms with E-state index in [1.165, 1.54) is 4.90 Å². The van der Waals surface area contributed by atoms with Crippen LogP contribution in [0.25, 0.3) is 0 Å². The van der Waals surface area contributed by atoms with Gasteiger partial charge in [0.15, 0.2) is 5.96 Å². The van der Waals surface area contributed by atoms with E-state index in [1.807, 2.05) is 12.1 Å². The lowest BCUT2D eigenvalue weighted by molar-refractivity contribution is -0.127. The molecular formula is C19H32IN5O4. The Kier molecular flexibility index (Phi) is 11.5. The summed E-state index contributed by atoms with van der Waals surface area (Å²) in [6.07, 6.45) is 3.69. The number of hydrogen-bond acceptors (Lipinski definition) is 5. The van der Waals surface area contributed by atoms with Crippen molar-refractivity contribution in [1.29, 1.82) is 0 Å². The molecule has 1 aromatic rings. The number of likely N-dealkylation sites (N-methyl/N-ethyl adjacent to an activating group) is 1. The lowest BCUT2D eigenvalue weighted by Gasteiger charge is -2.32. The molecule has 2 amide bonds. The van der Waals surface area contributed by atoms with E-state index in [2.05, 4.69) is 15.6 Å². The second-order valence-electron chi connectivity index (χ2n) is 6.81. The van der Waals surface area contributed by atoms with Crippen molar-refractivity contribution in [3.8, 4) is 0 Å². The van der Waals surface area contributed by atoms with E-state index in [0.717, 1.165) is 25.0 Å². The number of likely N-dealkylation sites (tertiary alicyclic amines) is 1. The van der Waals surface area contributed by atoms with Crippen LogP contribution in [-0.4, -0.2) is 80.7 Å². The van der Waals surface area contributed by atoms with Crippen molar-refractivity contribution in [3.63, 3.8) is 0 Å². The average molecular weight is 521 g/mol. The first kappa shape index (κ1) is 25.1. The van der Waals surface area contributed by atoms with Crippen LogP contribution in [0.5, 0.6) is 0 Å². The van der Waals surface area contributed by atoms with E-state index in [0.29, 0.717) is 32.2 Å². The first-order valence-electron chi connectivity index (χ1n) is 9.68. The van der Waals surface area contributed by atoms with Crippen molar-refractivity contribution in [2.24, 2.45) is 4.99 Å². The van der Waals surface area contributed by atoms with Gasteiger partial charge in [-0.15, -0.1) is 24.0 Å². The van der Waals surface area contributed by atoms with Crippen LogP contribution in [0.1, 0.15) is 25.5 Å². The summed E-state index contributed by atoms with van der Waals surface area (Å²) in [6, 6.07) is 3.96. The molecule has 0 atom stereocenters. The van der Waals surface area contributed by atoms with Crippen LogP contribution < -0.4 is 10.6 Å². The van der Waals surface area contributed by atoms with Crippen LogP contribution in [0.2, 0.25) is 0 Å². The number of aliphatic imine (C=N–C) groups is 1. The number of hydrogen-bond donors (Lipinski definition) is 2. The first-order chi connectivity index (χ1) is 13.5. The highest BCUT2D eigenvalue weighted by Crippen LogP contribution is 2.11. The van der Waals surface area contributed by atoms with Gasteiger partial charge in [0.1, 0.15) is 12.3 Å². The molecular weight excluding hydrogens is 489 g/mol. The Morgan fingerprint density at radius 3 is 2.66 bits per heavy atom. The summed E-state index contributed by atoms with van der Waals surface area (Å²) in [5.41, 5.74) is 0. The summed E-state index contributed by atoms with van der Waals surface area (Å²) in [4.78, 5) is 31.3. The van der Waals surface area contributed by atoms with Crippen LogP contribution in [0.15, 0.2) is 27.8 Å². The number of amides is 2. The molecule has 1 aromatic heterocycles. The van der Waals surface area contributed by atoms with E-state index < -0.39 is 0 Å². The molecule has 1 saturated heterocycles. The molecule has 0 aromatic carbocycles. The zero-order chi connectivity index (χ0) is 20.4. The third-order valence-electron chi connectivity index (χ3n) is 4.48. The molecule has 1 aliphatic heterocycles. The van der Waals surface area contributed by atoms with Crippen LogP contribution in [0, 0.1) is 0 Å². The monoisotopic (exact) mass is 521 g/mol. The number of ether oxygens (including phenoxy) is 1. The molecule has 0 spiro atoms. The maximum Gasteiger partial charge on any atom is 0.409 e. The number of nitrogens with one attached hydrogen (secondary N) is 2. The fourth-order valence-electron chi connectivity index (χ4n) is 2.81. The van der Waals surface area contributed by atoms with Gasteiger partial charge in [-0.2, -0.15) is 0 Å². The van der Waals surface area contributed by atoms with Crippen molar-refractivity contribution in [2.75, 3.05) is 46.9 Å². The minimum absolute atomic E-state index is 0. The van der Waals surface area contributed by atoms with E-state index in [4.69, 9.17) is 9.15 Å². The summed E-state index contributed by atoms with van der Waals surface area (Å²) >= 11 is 0. The van der Waals surface area contributed by atoms with Crippen LogP contribution in [0.3, 0.4) is 0 Å². The largest absolute Gasteiger partial charge is 0.469 e. The summed E-state index contributed by atoms with van der Waals surface area (Å²) < 4.78 is 10.4. The van der Waals surface area contributed by atoms with Crippen LogP contribution in [-0.2, 0) is 16.0 Å². The molecule has 0 unspecified atom stereocenters. The lowest BCUT2D eigenvalue weighted by atomic mass is 10.1. The second kappa shape index (κ2) is 13.3. The SMILES string of the molecule is CCOC(=O)N1CCC(NC(=NCC(=O)N(C)C)NCCc2ccco2)CC1.I. The van der Waals surface area contributed by atoms with Crippen molar-refractivity contribution in [1.82, 2.24) is 20.4 Å². The summed E-state index contributed by atoms with van der Waals surface area (Å²) in [6.45, 7) is 4.16.